The van der Waals surface area contributed by atoms with Gasteiger partial charge in [0, 0.05) is 17.3 Å². The van der Waals surface area contributed by atoms with E-state index in [0.717, 1.165) is 0 Å². The highest BCUT2D eigenvalue weighted by molar-refractivity contribution is 7.91. The van der Waals surface area contributed by atoms with Gasteiger partial charge in [-0.2, -0.15) is 0 Å². The molecule has 1 fully saturated rings. The second kappa shape index (κ2) is 6.80. The van der Waals surface area contributed by atoms with Crippen LogP contribution in [0, 0.1) is 0 Å². The largest absolute Gasteiger partial charge is 0.444 e. The van der Waals surface area contributed by atoms with Crippen LogP contribution in [-0.4, -0.2) is 43.6 Å². The van der Waals surface area contributed by atoms with E-state index in [4.69, 9.17) is 4.74 Å². The van der Waals surface area contributed by atoms with E-state index in [0.29, 0.717) is 17.7 Å². The number of anilines is 1. The number of hydrogen-bond donors (Lipinski definition) is 2. The first kappa shape index (κ1) is 18.3. The Morgan fingerprint density at radius 1 is 1.17 bits per heavy atom. The van der Waals surface area contributed by atoms with Gasteiger partial charge in [-0.3, -0.25) is 10.1 Å². The van der Waals surface area contributed by atoms with Crippen molar-refractivity contribution < 1.29 is 22.7 Å². The zero-order chi connectivity index (χ0) is 18.0. The molecule has 2 rings (SSSR count). The lowest BCUT2D eigenvalue weighted by atomic mass is 10.1. The van der Waals surface area contributed by atoms with E-state index in [9.17, 15) is 18.0 Å². The summed E-state index contributed by atoms with van der Waals surface area (Å²) in [5.74, 6) is -0.241. The van der Waals surface area contributed by atoms with Crippen molar-refractivity contribution in [3.63, 3.8) is 0 Å². The number of amides is 2. The van der Waals surface area contributed by atoms with Gasteiger partial charge in [0.05, 0.1) is 11.5 Å². The molecule has 1 unspecified atom stereocenters. The molecule has 2 amide bonds. The first-order valence-corrected chi connectivity index (χ1v) is 9.48. The number of benzene rings is 1. The highest BCUT2D eigenvalue weighted by Gasteiger charge is 2.29. The topological polar surface area (TPSA) is 102 Å². The normalized spacial score (nSPS) is 19.5. The van der Waals surface area contributed by atoms with Crippen LogP contribution >= 0.6 is 0 Å². The Morgan fingerprint density at radius 3 is 2.29 bits per heavy atom. The SMILES string of the molecule is CC(C)(C)OC(=O)Nc1ccc(C(=O)NC2CCS(=O)(=O)C2)cc1. The minimum Gasteiger partial charge on any atom is -0.444 e. The molecular weight excluding hydrogens is 332 g/mol. The molecule has 0 radical (unpaired) electrons. The molecule has 0 saturated carbocycles. The molecule has 0 aromatic heterocycles. The average molecular weight is 354 g/mol. The van der Waals surface area contributed by atoms with E-state index in [1.54, 1.807) is 45.0 Å². The molecule has 132 valence electrons. The fourth-order valence-electron chi connectivity index (χ4n) is 2.30. The van der Waals surface area contributed by atoms with Crippen LogP contribution in [0.25, 0.3) is 0 Å². The van der Waals surface area contributed by atoms with E-state index < -0.39 is 21.5 Å². The summed E-state index contributed by atoms with van der Waals surface area (Å²) in [5, 5.41) is 5.29. The summed E-state index contributed by atoms with van der Waals surface area (Å²) in [6.07, 6.45) is -0.136. The summed E-state index contributed by atoms with van der Waals surface area (Å²) in [7, 11) is -3.03. The highest BCUT2D eigenvalue weighted by Crippen LogP contribution is 2.15. The molecule has 0 bridgehead atoms. The van der Waals surface area contributed by atoms with Gasteiger partial charge in [-0.15, -0.1) is 0 Å². The minimum absolute atomic E-state index is 0.0168. The summed E-state index contributed by atoms with van der Waals surface area (Å²) < 4.78 is 27.9. The van der Waals surface area contributed by atoms with Crippen molar-refractivity contribution in [1.29, 1.82) is 0 Å². The number of carbonyl (C=O) groups excluding carboxylic acids is 2. The van der Waals surface area contributed by atoms with Gasteiger partial charge in [0.15, 0.2) is 9.84 Å². The van der Waals surface area contributed by atoms with Crippen LogP contribution in [0.5, 0.6) is 0 Å². The standard InChI is InChI=1S/C16H22N2O5S/c1-16(2,3)23-15(20)18-12-6-4-11(5-7-12)14(19)17-13-8-9-24(21,22)10-13/h4-7,13H,8-10H2,1-3H3,(H,17,19)(H,18,20). The van der Waals surface area contributed by atoms with Crippen LogP contribution in [0.4, 0.5) is 10.5 Å². The van der Waals surface area contributed by atoms with E-state index in [1.165, 1.54) is 0 Å². The smallest absolute Gasteiger partial charge is 0.412 e. The Bertz CT molecular complexity index is 720. The third kappa shape index (κ3) is 5.52. The van der Waals surface area contributed by atoms with E-state index in [-0.39, 0.29) is 23.5 Å². The number of ether oxygens (including phenoxy) is 1. The zero-order valence-electron chi connectivity index (χ0n) is 14.0. The highest BCUT2D eigenvalue weighted by atomic mass is 32.2. The predicted molar refractivity (Wildman–Crippen MR) is 90.8 cm³/mol. The van der Waals surface area contributed by atoms with Crippen LogP contribution in [-0.2, 0) is 14.6 Å². The Balaban J connectivity index is 1.92. The average Bonchev–Trinajstić information content (AvgIpc) is 2.76. The first-order valence-electron chi connectivity index (χ1n) is 7.65. The molecule has 0 aliphatic carbocycles. The van der Waals surface area contributed by atoms with Gasteiger partial charge in [-0.25, -0.2) is 13.2 Å². The van der Waals surface area contributed by atoms with Crippen LogP contribution in [0.3, 0.4) is 0 Å². The molecule has 1 aromatic carbocycles. The second-order valence-corrected chi connectivity index (χ2v) is 9.01. The van der Waals surface area contributed by atoms with Crippen molar-refractivity contribution in [2.45, 2.75) is 38.8 Å². The number of carbonyl (C=O) groups is 2. The zero-order valence-corrected chi connectivity index (χ0v) is 14.8. The van der Waals surface area contributed by atoms with Crippen LogP contribution in [0.15, 0.2) is 24.3 Å². The van der Waals surface area contributed by atoms with Crippen LogP contribution in [0.2, 0.25) is 0 Å². The maximum atomic E-state index is 12.1. The van der Waals surface area contributed by atoms with Gasteiger partial charge in [-0.1, -0.05) is 0 Å². The fourth-order valence-corrected chi connectivity index (χ4v) is 3.98. The number of hydrogen-bond acceptors (Lipinski definition) is 5. The fraction of sp³-hybridized carbons (Fsp3) is 0.500. The van der Waals surface area contributed by atoms with E-state index in [1.807, 2.05) is 0 Å². The van der Waals surface area contributed by atoms with Crippen LogP contribution in [0.1, 0.15) is 37.6 Å². The van der Waals surface area contributed by atoms with Crippen LogP contribution < -0.4 is 10.6 Å². The Hall–Kier alpha value is -2.09. The summed E-state index contributed by atoms with van der Waals surface area (Å²) in [6, 6.07) is 5.95. The molecule has 1 aliphatic heterocycles. The summed E-state index contributed by atoms with van der Waals surface area (Å²) >= 11 is 0. The molecule has 1 aliphatic rings. The summed E-state index contributed by atoms with van der Waals surface area (Å²) in [5.41, 5.74) is 0.309. The van der Waals surface area contributed by atoms with Crippen molar-refractivity contribution in [3.8, 4) is 0 Å². The van der Waals surface area contributed by atoms with Gasteiger partial charge in [0.2, 0.25) is 0 Å². The number of nitrogens with one attached hydrogen (secondary N) is 2. The van der Waals surface area contributed by atoms with Crippen molar-refractivity contribution >= 4 is 27.5 Å². The molecular formula is C16H22N2O5S. The molecule has 7 nitrogen and oxygen atoms in total. The van der Waals surface area contributed by atoms with Crippen molar-refractivity contribution in [3.05, 3.63) is 29.8 Å². The van der Waals surface area contributed by atoms with Gasteiger partial charge in [-0.05, 0) is 51.5 Å². The summed E-state index contributed by atoms with van der Waals surface area (Å²) in [6.45, 7) is 5.30. The molecule has 0 spiro atoms. The Labute approximate surface area is 141 Å². The molecule has 1 aromatic rings. The van der Waals surface area contributed by atoms with E-state index >= 15 is 0 Å². The first-order chi connectivity index (χ1) is 11.0. The van der Waals surface area contributed by atoms with Gasteiger partial charge in [0.25, 0.3) is 5.91 Å². The van der Waals surface area contributed by atoms with Crippen molar-refractivity contribution in [2.24, 2.45) is 0 Å². The predicted octanol–water partition coefficient (Wildman–Crippen LogP) is 1.95. The summed E-state index contributed by atoms with van der Waals surface area (Å²) in [4.78, 5) is 23.8. The van der Waals surface area contributed by atoms with Gasteiger partial charge < -0.3 is 10.1 Å². The van der Waals surface area contributed by atoms with Crippen molar-refractivity contribution in [1.82, 2.24) is 5.32 Å². The number of sulfone groups is 1. The van der Waals surface area contributed by atoms with Gasteiger partial charge in [0.1, 0.15) is 5.60 Å². The quantitative estimate of drug-likeness (QED) is 0.864. The maximum Gasteiger partial charge on any atom is 0.412 e. The van der Waals surface area contributed by atoms with Crippen molar-refractivity contribution in [2.75, 3.05) is 16.8 Å². The number of rotatable bonds is 3. The Kier molecular flexibility index (Phi) is 5.17. The monoisotopic (exact) mass is 354 g/mol. The molecule has 1 heterocycles. The minimum atomic E-state index is -3.03. The third-order valence-electron chi connectivity index (χ3n) is 3.36. The third-order valence-corrected chi connectivity index (χ3v) is 5.13. The maximum absolute atomic E-state index is 12.1. The molecule has 1 atom stereocenters. The molecule has 2 N–H and O–H groups in total. The second-order valence-electron chi connectivity index (χ2n) is 6.78. The lowest BCUT2D eigenvalue weighted by Crippen LogP contribution is -2.35. The molecule has 24 heavy (non-hydrogen) atoms. The molecule has 1 saturated heterocycles. The van der Waals surface area contributed by atoms with E-state index in [2.05, 4.69) is 10.6 Å². The molecule has 8 heteroatoms. The van der Waals surface area contributed by atoms with Gasteiger partial charge >= 0.3 is 6.09 Å². The lowest BCUT2D eigenvalue weighted by Gasteiger charge is -2.19. The Morgan fingerprint density at radius 2 is 1.79 bits per heavy atom. The lowest BCUT2D eigenvalue weighted by molar-refractivity contribution is 0.0635.